The smallest absolute Gasteiger partial charge is 0.0820 e. The van der Waals surface area contributed by atoms with Gasteiger partial charge in [0, 0.05) is 7.11 Å². The molecule has 0 amide bonds. The number of ether oxygens (including phenoxy) is 1. The number of nitrogens with zero attached hydrogens (tertiary/aromatic N) is 2. The van der Waals surface area contributed by atoms with Gasteiger partial charge in [0.1, 0.15) is 0 Å². The van der Waals surface area contributed by atoms with Gasteiger partial charge in [-0.25, -0.2) is 0 Å². The fourth-order valence-electron chi connectivity index (χ4n) is 1.76. The van der Waals surface area contributed by atoms with Gasteiger partial charge in [-0.1, -0.05) is 39.3 Å². The highest BCUT2D eigenvalue weighted by Crippen LogP contribution is 2.28. The van der Waals surface area contributed by atoms with Crippen LogP contribution in [0, 0.1) is 0 Å². The molecule has 1 aromatic heterocycles. The highest BCUT2D eigenvalue weighted by molar-refractivity contribution is 6.31. The average molecular weight is 261 g/mol. The van der Waals surface area contributed by atoms with Crippen LogP contribution in [0.25, 0.3) is 0 Å². The van der Waals surface area contributed by atoms with Crippen molar-refractivity contribution >= 4 is 11.6 Å². The molecule has 0 aliphatic carbocycles. The second-order valence-electron chi connectivity index (χ2n) is 4.69. The third kappa shape index (κ3) is 4.00. The fourth-order valence-corrected chi connectivity index (χ4v) is 2.10. The second-order valence-corrected chi connectivity index (χ2v) is 5.10. The van der Waals surface area contributed by atoms with Crippen LogP contribution in [-0.4, -0.2) is 23.5 Å². The molecule has 1 rings (SSSR count). The van der Waals surface area contributed by atoms with Gasteiger partial charge in [0.2, 0.25) is 0 Å². The Bertz CT molecular complexity index is 332. The minimum absolute atomic E-state index is 0.165. The van der Waals surface area contributed by atoms with Crippen LogP contribution in [0.3, 0.4) is 0 Å². The molecule has 0 fully saturated rings. The van der Waals surface area contributed by atoms with Gasteiger partial charge in [0.15, 0.2) is 0 Å². The van der Waals surface area contributed by atoms with E-state index in [4.69, 9.17) is 16.3 Å². The van der Waals surface area contributed by atoms with E-state index in [1.165, 1.54) is 0 Å². The second kappa shape index (κ2) is 7.02. The molecule has 0 saturated carbocycles. The molecule has 1 aromatic rings. The van der Waals surface area contributed by atoms with Crippen LogP contribution < -0.4 is 0 Å². The van der Waals surface area contributed by atoms with Crippen molar-refractivity contribution < 1.29 is 4.74 Å². The van der Waals surface area contributed by atoms with Crippen LogP contribution in [0.1, 0.15) is 53.2 Å². The highest BCUT2D eigenvalue weighted by atomic mass is 35.5. The Morgan fingerprint density at radius 1 is 1.41 bits per heavy atom. The van der Waals surface area contributed by atoms with Crippen molar-refractivity contribution in [3.05, 3.63) is 16.9 Å². The Hall–Kier alpha value is -0.540. The third-order valence-electron chi connectivity index (χ3n) is 2.38. The molecule has 0 bridgehead atoms. The summed E-state index contributed by atoms with van der Waals surface area (Å²) >= 11 is 6.12. The van der Waals surface area contributed by atoms with Gasteiger partial charge in [-0.05, 0) is 19.8 Å². The molecule has 100 valence electrons. The number of halogens is 1. The van der Waals surface area contributed by atoms with E-state index in [1.807, 2.05) is 18.5 Å². The van der Waals surface area contributed by atoms with E-state index in [2.05, 4.69) is 32.8 Å². The van der Waals surface area contributed by atoms with Gasteiger partial charge in [-0.15, -0.1) is 0 Å². The molecule has 0 saturated heterocycles. The minimum atomic E-state index is -0.165. The maximum atomic E-state index is 6.12. The average Bonchev–Trinajstić information content (AvgIpc) is 2.64. The lowest BCUT2D eigenvalue weighted by atomic mass is 10.0. The molecule has 1 heterocycles. The van der Waals surface area contributed by atoms with Crippen LogP contribution in [0.2, 0.25) is 5.02 Å². The van der Waals surface area contributed by atoms with Crippen molar-refractivity contribution in [2.75, 3.05) is 13.7 Å². The number of hydrogen-bond acceptors (Lipinski definition) is 2. The summed E-state index contributed by atoms with van der Waals surface area (Å²) in [5.41, 5.74) is 0.903. The Labute approximate surface area is 110 Å². The van der Waals surface area contributed by atoms with E-state index in [0.717, 1.165) is 10.7 Å². The Kier molecular flexibility index (Phi) is 6.80. The highest BCUT2D eigenvalue weighted by Gasteiger charge is 2.26. The monoisotopic (exact) mass is 260 g/mol. The molecule has 3 nitrogen and oxygen atoms in total. The maximum Gasteiger partial charge on any atom is 0.0820 e. The normalized spacial score (nSPS) is 11.4. The summed E-state index contributed by atoms with van der Waals surface area (Å²) in [7, 11) is 1.70. The summed E-state index contributed by atoms with van der Waals surface area (Å²) in [4.78, 5) is 0. The summed E-state index contributed by atoms with van der Waals surface area (Å²) in [6, 6.07) is 0. The van der Waals surface area contributed by atoms with Gasteiger partial charge in [-0.2, -0.15) is 5.10 Å². The summed E-state index contributed by atoms with van der Waals surface area (Å²) in [5.74, 6) is 0.358. The van der Waals surface area contributed by atoms with E-state index in [9.17, 15) is 0 Å². The predicted octanol–water partition coefficient (Wildman–Crippen LogP) is 4.07. The number of hydrogen-bond donors (Lipinski definition) is 0. The van der Waals surface area contributed by atoms with E-state index >= 15 is 0 Å². The summed E-state index contributed by atoms with van der Waals surface area (Å²) in [6.45, 7) is 13.0. The molecular weight excluding hydrogens is 236 g/mol. The summed E-state index contributed by atoms with van der Waals surface area (Å²) in [5, 5.41) is 5.06. The molecule has 0 aliphatic heterocycles. The van der Waals surface area contributed by atoms with E-state index < -0.39 is 0 Å². The number of methoxy groups -OCH3 is 1. The van der Waals surface area contributed by atoms with E-state index in [1.54, 1.807) is 13.3 Å². The van der Waals surface area contributed by atoms with Crippen molar-refractivity contribution in [2.45, 2.75) is 53.0 Å². The topological polar surface area (TPSA) is 27.1 Å². The Balaban J connectivity index is 0.00000121. The lowest BCUT2D eigenvalue weighted by Gasteiger charge is -2.27. The quantitative estimate of drug-likeness (QED) is 0.816. The first-order valence-corrected chi connectivity index (χ1v) is 6.50. The first-order chi connectivity index (χ1) is 7.90. The van der Waals surface area contributed by atoms with Crippen LogP contribution in [-0.2, 0) is 10.3 Å². The van der Waals surface area contributed by atoms with Gasteiger partial charge in [0.05, 0.1) is 29.1 Å². The summed E-state index contributed by atoms with van der Waals surface area (Å²) < 4.78 is 7.16. The van der Waals surface area contributed by atoms with Crippen molar-refractivity contribution in [2.24, 2.45) is 0 Å². The lowest BCUT2D eigenvalue weighted by molar-refractivity contribution is 0.0987. The standard InChI is InChI=1S/C11H19ClN2O.C2H6/c1-8(2)10-9(12)6-13-14(10)11(3,4)7-15-5;1-2/h6,8H,7H2,1-5H3;1-2H3. The van der Waals surface area contributed by atoms with E-state index in [-0.39, 0.29) is 5.54 Å². The van der Waals surface area contributed by atoms with Crippen molar-refractivity contribution in [1.82, 2.24) is 9.78 Å². The molecular formula is C13H25ClN2O. The number of rotatable bonds is 4. The predicted molar refractivity (Wildman–Crippen MR) is 73.9 cm³/mol. The zero-order chi connectivity index (χ0) is 13.6. The molecule has 0 spiro atoms. The van der Waals surface area contributed by atoms with Crippen LogP contribution in [0.4, 0.5) is 0 Å². The largest absolute Gasteiger partial charge is 0.382 e. The van der Waals surface area contributed by atoms with Gasteiger partial charge in [0.25, 0.3) is 0 Å². The van der Waals surface area contributed by atoms with Crippen LogP contribution >= 0.6 is 11.6 Å². The number of aromatic nitrogens is 2. The molecule has 17 heavy (non-hydrogen) atoms. The third-order valence-corrected chi connectivity index (χ3v) is 2.67. The maximum absolute atomic E-state index is 6.12. The Morgan fingerprint density at radius 2 is 1.94 bits per heavy atom. The molecule has 4 heteroatoms. The molecule has 0 aromatic carbocycles. The van der Waals surface area contributed by atoms with Crippen molar-refractivity contribution in [3.63, 3.8) is 0 Å². The van der Waals surface area contributed by atoms with Gasteiger partial charge < -0.3 is 4.74 Å². The van der Waals surface area contributed by atoms with Crippen LogP contribution in [0.5, 0.6) is 0 Å². The molecule has 0 atom stereocenters. The molecule has 0 unspecified atom stereocenters. The first-order valence-electron chi connectivity index (χ1n) is 6.13. The first kappa shape index (κ1) is 16.5. The molecule has 0 N–H and O–H groups in total. The Morgan fingerprint density at radius 3 is 2.35 bits per heavy atom. The SMILES string of the molecule is CC.COCC(C)(C)n1ncc(Cl)c1C(C)C. The van der Waals surface area contributed by atoms with Crippen LogP contribution in [0.15, 0.2) is 6.20 Å². The summed E-state index contributed by atoms with van der Waals surface area (Å²) in [6.07, 6.45) is 1.70. The minimum Gasteiger partial charge on any atom is -0.382 e. The molecule has 0 radical (unpaired) electrons. The van der Waals surface area contributed by atoms with E-state index in [0.29, 0.717) is 12.5 Å². The zero-order valence-corrected chi connectivity index (χ0v) is 12.8. The zero-order valence-electron chi connectivity index (χ0n) is 12.0. The molecule has 0 aliphatic rings. The lowest BCUT2D eigenvalue weighted by Crippen LogP contribution is -2.34. The van der Waals surface area contributed by atoms with Crippen molar-refractivity contribution in [3.8, 4) is 0 Å². The van der Waals surface area contributed by atoms with Gasteiger partial charge in [-0.3, -0.25) is 4.68 Å². The van der Waals surface area contributed by atoms with Crippen molar-refractivity contribution in [1.29, 1.82) is 0 Å². The fraction of sp³-hybridized carbons (Fsp3) is 0.769. The van der Waals surface area contributed by atoms with Gasteiger partial charge >= 0.3 is 0 Å².